The van der Waals surface area contributed by atoms with Crippen LogP contribution in [0.1, 0.15) is 24.2 Å². The number of carbonyl (C=O) groups excluding carboxylic acids is 1. The number of rotatable bonds is 4. The smallest absolute Gasteiger partial charge is 0.317 e. The first kappa shape index (κ1) is 16.0. The van der Waals surface area contributed by atoms with Crippen molar-refractivity contribution in [3.8, 4) is 0 Å². The lowest BCUT2D eigenvalue weighted by Gasteiger charge is -2.36. The fraction of sp³-hybridized carbons (Fsp3) is 0.500. The van der Waals surface area contributed by atoms with Crippen molar-refractivity contribution in [1.82, 2.24) is 20.0 Å². The van der Waals surface area contributed by atoms with Gasteiger partial charge in [-0.3, -0.25) is 4.68 Å². The van der Waals surface area contributed by atoms with Crippen molar-refractivity contribution in [3.05, 3.63) is 40.3 Å². The Bertz CT molecular complexity index is 640. The van der Waals surface area contributed by atoms with Gasteiger partial charge in [-0.05, 0) is 41.3 Å². The largest absolute Gasteiger partial charge is 0.367 e. The molecule has 6 nitrogen and oxygen atoms in total. The molecule has 2 amide bonds. The highest BCUT2D eigenvalue weighted by molar-refractivity contribution is 7.07. The zero-order valence-corrected chi connectivity index (χ0v) is 14.3. The summed E-state index contributed by atoms with van der Waals surface area (Å²) in [6.07, 6.45) is 4.59. The number of carbonyl (C=O) groups is 1. The maximum Gasteiger partial charge on any atom is 0.317 e. The summed E-state index contributed by atoms with van der Waals surface area (Å²) < 4.78 is 7.73. The van der Waals surface area contributed by atoms with Gasteiger partial charge in [0.2, 0.25) is 0 Å². The fourth-order valence-electron chi connectivity index (χ4n) is 2.79. The van der Waals surface area contributed by atoms with E-state index in [1.807, 2.05) is 36.6 Å². The lowest BCUT2D eigenvalue weighted by atomic mass is 10.1. The Morgan fingerprint density at radius 3 is 3.09 bits per heavy atom. The number of thiophene rings is 1. The number of hydrogen-bond donors (Lipinski definition) is 1. The van der Waals surface area contributed by atoms with Gasteiger partial charge in [0, 0.05) is 26.3 Å². The summed E-state index contributed by atoms with van der Waals surface area (Å²) in [5, 5.41) is 11.2. The van der Waals surface area contributed by atoms with Crippen molar-refractivity contribution in [2.24, 2.45) is 7.05 Å². The number of hydrogen-bond acceptors (Lipinski definition) is 4. The molecule has 1 aliphatic heterocycles. The molecule has 2 atom stereocenters. The molecule has 1 fully saturated rings. The molecule has 0 radical (unpaired) electrons. The van der Waals surface area contributed by atoms with Gasteiger partial charge in [-0.15, -0.1) is 0 Å². The Morgan fingerprint density at radius 1 is 1.52 bits per heavy atom. The molecule has 0 saturated carbocycles. The maximum atomic E-state index is 12.4. The van der Waals surface area contributed by atoms with Gasteiger partial charge >= 0.3 is 6.03 Å². The van der Waals surface area contributed by atoms with Gasteiger partial charge in [0.05, 0.1) is 18.8 Å². The van der Waals surface area contributed by atoms with Gasteiger partial charge in [-0.1, -0.05) is 0 Å². The van der Waals surface area contributed by atoms with E-state index in [1.54, 1.807) is 16.0 Å². The molecule has 7 heteroatoms. The molecule has 1 aliphatic rings. The molecule has 0 bridgehead atoms. The molecule has 0 unspecified atom stereocenters. The van der Waals surface area contributed by atoms with E-state index in [0.717, 1.165) is 17.5 Å². The lowest BCUT2D eigenvalue weighted by Crippen LogP contribution is -2.50. The van der Waals surface area contributed by atoms with Crippen molar-refractivity contribution in [2.75, 3.05) is 19.6 Å². The Kier molecular flexibility index (Phi) is 4.97. The predicted octanol–water partition coefficient (Wildman–Crippen LogP) is 2.20. The molecule has 3 heterocycles. The molecule has 0 aliphatic carbocycles. The molecule has 2 aromatic rings. The van der Waals surface area contributed by atoms with Gasteiger partial charge in [0.1, 0.15) is 6.10 Å². The average molecular weight is 334 g/mol. The van der Waals surface area contributed by atoms with E-state index in [4.69, 9.17) is 4.74 Å². The summed E-state index contributed by atoms with van der Waals surface area (Å²) >= 11 is 1.65. The lowest BCUT2D eigenvalue weighted by molar-refractivity contribution is -0.0654. The number of aryl methyl sites for hydroxylation is 1. The van der Waals surface area contributed by atoms with Gasteiger partial charge in [-0.25, -0.2) is 4.79 Å². The molecular weight excluding hydrogens is 312 g/mol. The monoisotopic (exact) mass is 334 g/mol. The van der Waals surface area contributed by atoms with Crippen LogP contribution in [0.3, 0.4) is 0 Å². The quantitative estimate of drug-likeness (QED) is 0.932. The number of ether oxygens (including phenoxy) is 1. The third kappa shape index (κ3) is 4.11. The number of nitrogens with one attached hydrogen (secondary N) is 1. The van der Waals surface area contributed by atoms with Gasteiger partial charge in [0.25, 0.3) is 0 Å². The standard InChI is InChI=1S/C16H22N4O2S/c1-12-8-20(10-15(22-12)14-4-6-23-11-14)16(21)17-5-3-13-7-18-19(2)9-13/h4,6-7,9,11-12,15H,3,5,8,10H2,1-2H3,(H,17,21)/t12-,15-/m0/s1. The van der Waals surface area contributed by atoms with Crippen LogP contribution in [0.4, 0.5) is 4.79 Å². The number of urea groups is 1. The van der Waals surface area contributed by atoms with E-state index in [0.29, 0.717) is 19.6 Å². The molecule has 2 aromatic heterocycles. The van der Waals surface area contributed by atoms with Gasteiger partial charge in [-0.2, -0.15) is 16.4 Å². The number of nitrogens with zero attached hydrogens (tertiary/aromatic N) is 3. The van der Waals surface area contributed by atoms with Crippen LogP contribution in [0, 0.1) is 0 Å². The minimum atomic E-state index is -0.0333. The van der Waals surface area contributed by atoms with Crippen LogP contribution in [0.5, 0.6) is 0 Å². The van der Waals surface area contributed by atoms with Crippen LogP contribution in [-0.2, 0) is 18.2 Å². The maximum absolute atomic E-state index is 12.4. The highest BCUT2D eigenvalue weighted by atomic mass is 32.1. The third-order valence-corrected chi connectivity index (χ3v) is 4.61. The molecule has 0 aromatic carbocycles. The van der Waals surface area contributed by atoms with Crippen LogP contribution >= 0.6 is 11.3 Å². The highest BCUT2D eigenvalue weighted by Gasteiger charge is 2.29. The zero-order valence-electron chi connectivity index (χ0n) is 13.4. The minimum absolute atomic E-state index is 0.0238. The van der Waals surface area contributed by atoms with Crippen LogP contribution < -0.4 is 5.32 Å². The molecule has 1 N–H and O–H groups in total. The highest BCUT2D eigenvalue weighted by Crippen LogP contribution is 2.26. The summed E-state index contributed by atoms with van der Waals surface area (Å²) in [6, 6.07) is 2.04. The van der Waals surface area contributed by atoms with Crippen LogP contribution in [-0.4, -0.2) is 46.4 Å². The zero-order chi connectivity index (χ0) is 16.2. The van der Waals surface area contributed by atoms with Crippen molar-refractivity contribution >= 4 is 17.4 Å². The second-order valence-electron chi connectivity index (χ2n) is 5.90. The first-order valence-corrected chi connectivity index (χ1v) is 8.74. The minimum Gasteiger partial charge on any atom is -0.367 e. The summed E-state index contributed by atoms with van der Waals surface area (Å²) in [5.74, 6) is 0. The van der Waals surface area contributed by atoms with E-state index in [9.17, 15) is 4.79 Å². The van der Waals surface area contributed by atoms with Crippen LogP contribution in [0.15, 0.2) is 29.2 Å². The topological polar surface area (TPSA) is 59.4 Å². The molecule has 1 saturated heterocycles. The van der Waals surface area contributed by atoms with Crippen LogP contribution in [0.25, 0.3) is 0 Å². The van der Waals surface area contributed by atoms with E-state index in [-0.39, 0.29) is 18.2 Å². The Hall–Kier alpha value is -1.86. The summed E-state index contributed by atoms with van der Waals surface area (Å²) in [4.78, 5) is 14.2. The second kappa shape index (κ2) is 7.14. The first-order chi connectivity index (χ1) is 11.1. The van der Waals surface area contributed by atoms with Crippen molar-refractivity contribution in [2.45, 2.75) is 25.6 Å². The average Bonchev–Trinajstić information content (AvgIpc) is 3.18. The van der Waals surface area contributed by atoms with Crippen molar-refractivity contribution in [3.63, 3.8) is 0 Å². The summed E-state index contributed by atoms with van der Waals surface area (Å²) in [5.41, 5.74) is 2.27. The Labute approximate surface area is 140 Å². The molecule has 23 heavy (non-hydrogen) atoms. The number of amides is 2. The van der Waals surface area contributed by atoms with Crippen LogP contribution in [0.2, 0.25) is 0 Å². The SMILES string of the molecule is C[C@H]1CN(C(=O)NCCc2cnn(C)c2)C[C@@H](c2ccsc2)O1. The van der Waals surface area contributed by atoms with E-state index >= 15 is 0 Å². The Balaban J connectivity index is 1.51. The normalized spacial score (nSPS) is 21.4. The molecular formula is C16H22N4O2S. The third-order valence-electron chi connectivity index (χ3n) is 3.91. The Morgan fingerprint density at radius 2 is 2.39 bits per heavy atom. The molecule has 124 valence electrons. The summed E-state index contributed by atoms with van der Waals surface area (Å²) in [6.45, 7) is 3.84. The van der Waals surface area contributed by atoms with E-state index in [1.165, 1.54) is 0 Å². The van der Waals surface area contributed by atoms with E-state index in [2.05, 4.69) is 21.9 Å². The van der Waals surface area contributed by atoms with E-state index < -0.39 is 0 Å². The molecule has 0 spiro atoms. The van der Waals surface area contributed by atoms with Gasteiger partial charge in [0.15, 0.2) is 0 Å². The summed E-state index contributed by atoms with van der Waals surface area (Å²) in [7, 11) is 1.89. The number of aromatic nitrogens is 2. The first-order valence-electron chi connectivity index (χ1n) is 7.79. The predicted molar refractivity (Wildman–Crippen MR) is 89.5 cm³/mol. The second-order valence-corrected chi connectivity index (χ2v) is 6.68. The van der Waals surface area contributed by atoms with Crippen molar-refractivity contribution < 1.29 is 9.53 Å². The van der Waals surface area contributed by atoms with Crippen molar-refractivity contribution in [1.29, 1.82) is 0 Å². The number of morpholine rings is 1. The molecule has 3 rings (SSSR count). The fourth-order valence-corrected chi connectivity index (χ4v) is 3.49. The van der Waals surface area contributed by atoms with Gasteiger partial charge < -0.3 is 15.0 Å².